The summed E-state index contributed by atoms with van der Waals surface area (Å²) in [6.45, 7) is 0.904. The Bertz CT molecular complexity index is 899. The lowest BCUT2D eigenvalue weighted by atomic mass is 10.1. The van der Waals surface area contributed by atoms with E-state index in [1.807, 2.05) is 30.3 Å². The van der Waals surface area contributed by atoms with Gasteiger partial charge in [-0.05, 0) is 43.1 Å². The number of anilines is 1. The molecule has 1 amide bonds. The Labute approximate surface area is 144 Å². The van der Waals surface area contributed by atoms with Gasteiger partial charge in [-0.2, -0.15) is 0 Å². The number of rotatable bonds is 3. The number of halogens is 1. The molecule has 2 aromatic heterocycles. The molecule has 0 saturated carbocycles. The van der Waals surface area contributed by atoms with E-state index < -0.39 is 0 Å². The monoisotopic (exact) mass is 340 g/mol. The third kappa shape index (κ3) is 2.88. The van der Waals surface area contributed by atoms with E-state index >= 15 is 0 Å². The van der Waals surface area contributed by atoms with Gasteiger partial charge in [-0.25, -0.2) is 4.98 Å². The number of fused-ring (bicyclic) bond motifs is 1. The molecule has 1 atom stereocenters. The zero-order chi connectivity index (χ0) is 16.5. The van der Waals surface area contributed by atoms with E-state index in [-0.39, 0.29) is 11.9 Å². The van der Waals surface area contributed by atoms with Crippen LogP contribution in [0.3, 0.4) is 0 Å². The SMILES string of the molecule is O=C(Nc1cccc(-c2cnc3[nH]cc(Cl)c3c2)c1)C1CCCN1. The van der Waals surface area contributed by atoms with Gasteiger partial charge < -0.3 is 15.6 Å². The van der Waals surface area contributed by atoms with Crippen molar-refractivity contribution in [2.75, 3.05) is 11.9 Å². The van der Waals surface area contributed by atoms with E-state index in [0.29, 0.717) is 5.02 Å². The molecule has 0 radical (unpaired) electrons. The molecule has 0 bridgehead atoms. The molecule has 1 aliphatic rings. The lowest BCUT2D eigenvalue weighted by molar-refractivity contribution is -0.117. The minimum absolute atomic E-state index is 0.0203. The molecule has 3 N–H and O–H groups in total. The zero-order valence-electron chi connectivity index (χ0n) is 13.0. The predicted octanol–water partition coefficient (Wildman–Crippen LogP) is 3.57. The van der Waals surface area contributed by atoms with Crippen molar-refractivity contribution in [3.05, 3.63) is 47.7 Å². The van der Waals surface area contributed by atoms with Crippen molar-refractivity contribution < 1.29 is 4.79 Å². The van der Waals surface area contributed by atoms with Crippen LogP contribution in [0.25, 0.3) is 22.2 Å². The second-order valence-corrected chi connectivity index (χ2v) is 6.38. The lowest BCUT2D eigenvalue weighted by Crippen LogP contribution is -2.35. The summed E-state index contributed by atoms with van der Waals surface area (Å²) in [6.07, 6.45) is 5.46. The molecule has 3 heterocycles. The van der Waals surface area contributed by atoms with Crippen molar-refractivity contribution in [3.8, 4) is 11.1 Å². The highest BCUT2D eigenvalue weighted by Gasteiger charge is 2.21. The summed E-state index contributed by atoms with van der Waals surface area (Å²) in [5, 5.41) is 7.73. The van der Waals surface area contributed by atoms with Crippen LogP contribution in [0, 0.1) is 0 Å². The van der Waals surface area contributed by atoms with Crippen molar-refractivity contribution in [2.45, 2.75) is 18.9 Å². The van der Waals surface area contributed by atoms with Crippen molar-refractivity contribution >= 4 is 34.2 Å². The first-order valence-corrected chi connectivity index (χ1v) is 8.36. The molecule has 4 rings (SSSR count). The summed E-state index contributed by atoms with van der Waals surface area (Å²) in [4.78, 5) is 19.7. The van der Waals surface area contributed by atoms with Gasteiger partial charge in [0.1, 0.15) is 5.65 Å². The molecule has 5 nitrogen and oxygen atoms in total. The fourth-order valence-electron chi connectivity index (χ4n) is 3.04. The standard InChI is InChI=1S/C18H17ClN4O/c19-15-10-22-17-14(15)8-12(9-21-17)11-3-1-4-13(7-11)23-18(24)16-5-2-6-20-16/h1,3-4,7-10,16,20H,2,5-6H2,(H,21,22)(H,23,24). The number of aromatic nitrogens is 2. The van der Waals surface area contributed by atoms with Crippen LogP contribution in [0.5, 0.6) is 0 Å². The Balaban J connectivity index is 1.61. The van der Waals surface area contributed by atoms with Crippen molar-refractivity contribution in [1.29, 1.82) is 0 Å². The quantitative estimate of drug-likeness (QED) is 0.682. The molecule has 0 spiro atoms. The second kappa shape index (κ2) is 6.26. The summed E-state index contributed by atoms with van der Waals surface area (Å²) in [5.41, 5.74) is 3.49. The lowest BCUT2D eigenvalue weighted by Gasteiger charge is -2.12. The van der Waals surface area contributed by atoms with Gasteiger partial charge in [0.25, 0.3) is 0 Å². The first-order chi connectivity index (χ1) is 11.7. The summed E-state index contributed by atoms with van der Waals surface area (Å²) in [6, 6.07) is 9.68. The minimum atomic E-state index is -0.0923. The first kappa shape index (κ1) is 15.2. The summed E-state index contributed by atoms with van der Waals surface area (Å²) in [7, 11) is 0. The van der Waals surface area contributed by atoms with Crippen molar-refractivity contribution in [3.63, 3.8) is 0 Å². The number of carbonyl (C=O) groups excluding carboxylic acids is 1. The van der Waals surface area contributed by atoms with Crippen LogP contribution in [0.4, 0.5) is 5.69 Å². The molecule has 1 aromatic carbocycles. The number of H-pyrrole nitrogens is 1. The molecule has 122 valence electrons. The molecular weight excluding hydrogens is 324 g/mol. The highest BCUT2D eigenvalue weighted by Crippen LogP contribution is 2.28. The van der Waals surface area contributed by atoms with Gasteiger partial charge in [-0.1, -0.05) is 23.7 Å². The Kier molecular flexibility index (Phi) is 3.96. The smallest absolute Gasteiger partial charge is 0.241 e. The topological polar surface area (TPSA) is 69.8 Å². The molecule has 24 heavy (non-hydrogen) atoms. The van der Waals surface area contributed by atoms with Gasteiger partial charge in [0.2, 0.25) is 5.91 Å². The molecule has 0 aliphatic carbocycles. The average molecular weight is 341 g/mol. The molecule has 1 aliphatic heterocycles. The first-order valence-electron chi connectivity index (χ1n) is 7.98. The number of pyridine rings is 1. The summed E-state index contributed by atoms with van der Waals surface area (Å²) < 4.78 is 0. The van der Waals surface area contributed by atoms with Crippen LogP contribution in [-0.4, -0.2) is 28.5 Å². The fraction of sp³-hybridized carbons (Fsp3) is 0.222. The number of carbonyl (C=O) groups is 1. The third-order valence-electron chi connectivity index (χ3n) is 4.32. The van der Waals surface area contributed by atoms with E-state index in [0.717, 1.165) is 47.2 Å². The Hall–Kier alpha value is -2.37. The number of amides is 1. The van der Waals surface area contributed by atoms with Gasteiger partial charge in [0.15, 0.2) is 0 Å². The minimum Gasteiger partial charge on any atom is -0.345 e. The average Bonchev–Trinajstić information content (AvgIpc) is 3.25. The van der Waals surface area contributed by atoms with Crippen LogP contribution in [0.15, 0.2) is 42.7 Å². The van der Waals surface area contributed by atoms with Crippen LogP contribution < -0.4 is 10.6 Å². The summed E-state index contributed by atoms with van der Waals surface area (Å²) >= 11 is 6.17. The van der Waals surface area contributed by atoms with Crippen molar-refractivity contribution in [1.82, 2.24) is 15.3 Å². The van der Waals surface area contributed by atoms with E-state index in [1.165, 1.54) is 0 Å². The highest BCUT2D eigenvalue weighted by atomic mass is 35.5. The van der Waals surface area contributed by atoms with Crippen LogP contribution in [0.2, 0.25) is 5.02 Å². The largest absolute Gasteiger partial charge is 0.345 e. The van der Waals surface area contributed by atoms with E-state index in [4.69, 9.17) is 11.6 Å². The fourth-order valence-corrected chi connectivity index (χ4v) is 3.24. The van der Waals surface area contributed by atoms with E-state index in [9.17, 15) is 4.79 Å². The maximum Gasteiger partial charge on any atom is 0.241 e. The normalized spacial score (nSPS) is 17.3. The molecule has 3 aromatic rings. The van der Waals surface area contributed by atoms with Gasteiger partial charge in [0.05, 0.1) is 11.1 Å². The number of hydrogen-bond donors (Lipinski definition) is 3. The molecule has 1 unspecified atom stereocenters. The highest BCUT2D eigenvalue weighted by molar-refractivity contribution is 6.35. The molecule has 6 heteroatoms. The second-order valence-electron chi connectivity index (χ2n) is 5.98. The molecule has 1 saturated heterocycles. The zero-order valence-corrected chi connectivity index (χ0v) is 13.7. The van der Waals surface area contributed by atoms with Crippen molar-refractivity contribution in [2.24, 2.45) is 0 Å². The third-order valence-corrected chi connectivity index (χ3v) is 4.63. The van der Waals surface area contributed by atoms with Crippen LogP contribution >= 0.6 is 11.6 Å². The maximum atomic E-state index is 12.2. The van der Waals surface area contributed by atoms with Gasteiger partial charge in [-0.3, -0.25) is 4.79 Å². The van der Waals surface area contributed by atoms with Gasteiger partial charge >= 0.3 is 0 Å². The van der Waals surface area contributed by atoms with Gasteiger partial charge in [0, 0.05) is 29.0 Å². The number of hydrogen-bond acceptors (Lipinski definition) is 3. The van der Waals surface area contributed by atoms with Gasteiger partial charge in [-0.15, -0.1) is 0 Å². The summed E-state index contributed by atoms with van der Waals surface area (Å²) in [5.74, 6) is 0.0203. The van der Waals surface area contributed by atoms with Crippen LogP contribution in [-0.2, 0) is 4.79 Å². The Morgan fingerprint density at radius 2 is 2.21 bits per heavy atom. The van der Waals surface area contributed by atoms with E-state index in [2.05, 4.69) is 20.6 Å². The van der Waals surface area contributed by atoms with E-state index in [1.54, 1.807) is 12.4 Å². The molecular formula is C18H17ClN4O. The Morgan fingerprint density at radius 3 is 3.04 bits per heavy atom. The van der Waals surface area contributed by atoms with Crippen LogP contribution in [0.1, 0.15) is 12.8 Å². The molecule has 1 fully saturated rings. The predicted molar refractivity (Wildman–Crippen MR) is 96.2 cm³/mol. The number of benzene rings is 1. The Morgan fingerprint density at radius 1 is 1.29 bits per heavy atom. The number of nitrogens with zero attached hydrogens (tertiary/aromatic N) is 1. The number of aromatic amines is 1. The maximum absolute atomic E-state index is 12.2. The number of nitrogens with one attached hydrogen (secondary N) is 3.